The molecule has 3 N–H and O–H groups in total. The Kier molecular flexibility index (Phi) is 4.20. The normalized spacial score (nSPS) is 12.4. The van der Waals surface area contributed by atoms with E-state index < -0.39 is 6.10 Å². The van der Waals surface area contributed by atoms with Crippen LogP contribution in [-0.2, 0) is 0 Å². The third-order valence-electron chi connectivity index (χ3n) is 2.24. The number of benzene rings is 1. The van der Waals surface area contributed by atoms with E-state index in [2.05, 4.69) is 6.58 Å². The van der Waals surface area contributed by atoms with E-state index in [1.807, 2.05) is 30.3 Å². The lowest BCUT2D eigenvalue weighted by Crippen LogP contribution is -2.01. The highest BCUT2D eigenvalue weighted by Gasteiger charge is 2.08. The van der Waals surface area contributed by atoms with Crippen LogP contribution in [0.1, 0.15) is 30.9 Å². The topological polar surface area (TPSA) is 46.2 Å². The van der Waals surface area contributed by atoms with Crippen LogP contribution < -0.4 is 5.73 Å². The summed E-state index contributed by atoms with van der Waals surface area (Å²) < 4.78 is 0. The predicted octanol–water partition coefficient (Wildman–Crippen LogP) is 2.66. The molecule has 1 aromatic carbocycles. The number of unbranched alkanes of at least 4 members (excludes halogenated alkanes) is 1. The zero-order chi connectivity index (χ0) is 10.4. The zero-order valence-corrected chi connectivity index (χ0v) is 8.32. The molecule has 0 radical (unpaired) electrons. The molecule has 0 saturated carbocycles. The number of allylic oxidation sites excluding steroid dienone is 1. The molecule has 0 fully saturated rings. The number of nitrogen functional groups attached to an aromatic ring is 1. The second-order valence-corrected chi connectivity index (χ2v) is 3.36. The summed E-state index contributed by atoms with van der Waals surface area (Å²) in [6, 6.07) is 7.44. The number of anilines is 1. The quantitative estimate of drug-likeness (QED) is 0.427. The summed E-state index contributed by atoms with van der Waals surface area (Å²) in [5.41, 5.74) is 7.24. The number of rotatable bonds is 5. The molecule has 0 bridgehead atoms. The van der Waals surface area contributed by atoms with Gasteiger partial charge in [0.1, 0.15) is 0 Å². The highest BCUT2D eigenvalue weighted by Crippen LogP contribution is 2.24. The maximum absolute atomic E-state index is 9.81. The third-order valence-corrected chi connectivity index (χ3v) is 2.24. The molecule has 0 saturated heterocycles. The molecule has 0 aliphatic rings. The molecule has 0 aliphatic heterocycles. The van der Waals surface area contributed by atoms with E-state index in [4.69, 9.17) is 5.73 Å². The van der Waals surface area contributed by atoms with Gasteiger partial charge in [-0.05, 0) is 25.3 Å². The summed E-state index contributed by atoms with van der Waals surface area (Å²) in [7, 11) is 0. The van der Waals surface area contributed by atoms with Gasteiger partial charge in [-0.25, -0.2) is 0 Å². The predicted molar refractivity (Wildman–Crippen MR) is 59.9 cm³/mol. The van der Waals surface area contributed by atoms with Gasteiger partial charge < -0.3 is 10.8 Å². The SMILES string of the molecule is C=CCCCC(O)c1ccccc1N. The van der Waals surface area contributed by atoms with Gasteiger partial charge in [-0.15, -0.1) is 6.58 Å². The number of nitrogens with two attached hydrogens (primary N) is 1. The first-order valence-electron chi connectivity index (χ1n) is 4.89. The first-order chi connectivity index (χ1) is 6.75. The van der Waals surface area contributed by atoms with E-state index in [1.165, 1.54) is 0 Å². The molecular weight excluding hydrogens is 174 g/mol. The Labute approximate surface area is 85.1 Å². The second kappa shape index (κ2) is 5.45. The maximum Gasteiger partial charge on any atom is 0.0810 e. The molecule has 1 atom stereocenters. The minimum absolute atomic E-state index is 0.448. The maximum atomic E-state index is 9.81. The largest absolute Gasteiger partial charge is 0.398 e. The van der Waals surface area contributed by atoms with Crippen LogP contribution in [0.4, 0.5) is 5.69 Å². The van der Waals surface area contributed by atoms with Crippen molar-refractivity contribution in [1.82, 2.24) is 0 Å². The van der Waals surface area contributed by atoms with E-state index in [9.17, 15) is 5.11 Å². The van der Waals surface area contributed by atoms with E-state index in [-0.39, 0.29) is 0 Å². The van der Waals surface area contributed by atoms with Gasteiger partial charge in [0.05, 0.1) is 6.10 Å². The van der Waals surface area contributed by atoms with Crippen molar-refractivity contribution in [3.05, 3.63) is 42.5 Å². The fourth-order valence-corrected chi connectivity index (χ4v) is 1.43. The molecule has 0 amide bonds. The number of hydrogen-bond acceptors (Lipinski definition) is 2. The highest BCUT2D eigenvalue weighted by atomic mass is 16.3. The van der Waals surface area contributed by atoms with Gasteiger partial charge in [0.2, 0.25) is 0 Å². The molecule has 1 aromatic rings. The number of aliphatic hydroxyl groups excluding tert-OH is 1. The molecule has 2 nitrogen and oxygen atoms in total. The van der Waals surface area contributed by atoms with Crippen LogP contribution >= 0.6 is 0 Å². The van der Waals surface area contributed by atoms with Gasteiger partial charge in [-0.3, -0.25) is 0 Å². The zero-order valence-electron chi connectivity index (χ0n) is 8.32. The summed E-state index contributed by atoms with van der Waals surface area (Å²) in [5.74, 6) is 0. The van der Waals surface area contributed by atoms with Crippen molar-refractivity contribution in [3.8, 4) is 0 Å². The summed E-state index contributed by atoms with van der Waals surface area (Å²) in [5, 5.41) is 9.81. The van der Waals surface area contributed by atoms with Crippen LogP contribution in [0.25, 0.3) is 0 Å². The van der Waals surface area contributed by atoms with Crippen molar-refractivity contribution in [1.29, 1.82) is 0 Å². The van der Waals surface area contributed by atoms with Gasteiger partial charge in [-0.2, -0.15) is 0 Å². The van der Waals surface area contributed by atoms with Crippen LogP contribution in [0.15, 0.2) is 36.9 Å². The summed E-state index contributed by atoms with van der Waals surface area (Å²) in [6.45, 7) is 3.64. The van der Waals surface area contributed by atoms with Crippen molar-refractivity contribution in [2.75, 3.05) is 5.73 Å². The summed E-state index contributed by atoms with van der Waals surface area (Å²) >= 11 is 0. The van der Waals surface area contributed by atoms with Crippen LogP contribution in [0.3, 0.4) is 0 Å². The summed E-state index contributed by atoms with van der Waals surface area (Å²) in [6.07, 6.45) is 4.03. The van der Waals surface area contributed by atoms with Crippen LogP contribution in [0, 0.1) is 0 Å². The van der Waals surface area contributed by atoms with E-state index >= 15 is 0 Å². The Morgan fingerprint density at radius 3 is 2.79 bits per heavy atom. The average Bonchev–Trinajstić information content (AvgIpc) is 2.18. The Morgan fingerprint density at radius 2 is 2.14 bits per heavy atom. The fourth-order valence-electron chi connectivity index (χ4n) is 1.43. The molecule has 1 rings (SSSR count). The molecule has 0 aromatic heterocycles. The van der Waals surface area contributed by atoms with Crippen molar-refractivity contribution in [2.24, 2.45) is 0 Å². The van der Waals surface area contributed by atoms with Gasteiger partial charge in [-0.1, -0.05) is 24.3 Å². The average molecular weight is 191 g/mol. The minimum Gasteiger partial charge on any atom is -0.398 e. The first-order valence-corrected chi connectivity index (χ1v) is 4.89. The monoisotopic (exact) mass is 191 g/mol. The lowest BCUT2D eigenvalue weighted by Gasteiger charge is -2.12. The number of hydrogen-bond donors (Lipinski definition) is 2. The lowest BCUT2D eigenvalue weighted by atomic mass is 10.0. The molecule has 2 heteroatoms. The molecule has 0 spiro atoms. The van der Waals surface area contributed by atoms with Crippen molar-refractivity contribution >= 4 is 5.69 Å². The van der Waals surface area contributed by atoms with Crippen LogP contribution in [0.5, 0.6) is 0 Å². The molecule has 1 unspecified atom stereocenters. The first kappa shape index (κ1) is 10.8. The molecule has 0 aliphatic carbocycles. The van der Waals surface area contributed by atoms with Crippen LogP contribution in [-0.4, -0.2) is 5.11 Å². The van der Waals surface area contributed by atoms with Crippen LogP contribution in [0.2, 0.25) is 0 Å². The van der Waals surface area contributed by atoms with Crippen molar-refractivity contribution in [2.45, 2.75) is 25.4 Å². The lowest BCUT2D eigenvalue weighted by molar-refractivity contribution is 0.165. The number of aliphatic hydroxyl groups is 1. The number of para-hydroxylation sites is 1. The van der Waals surface area contributed by atoms with E-state index in [0.717, 1.165) is 24.8 Å². The standard InChI is InChI=1S/C12H17NO/c1-2-3-4-9-12(14)10-7-5-6-8-11(10)13/h2,5-8,12,14H,1,3-4,9,13H2. The van der Waals surface area contributed by atoms with Gasteiger partial charge in [0.15, 0.2) is 0 Å². The van der Waals surface area contributed by atoms with E-state index in [1.54, 1.807) is 0 Å². The van der Waals surface area contributed by atoms with Gasteiger partial charge >= 0.3 is 0 Å². The van der Waals surface area contributed by atoms with Gasteiger partial charge in [0, 0.05) is 11.3 Å². The van der Waals surface area contributed by atoms with Crippen molar-refractivity contribution in [3.63, 3.8) is 0 Å². The Hall–Kier alpha value is -1.28. The van der Waals surface area contributed by atoms with Crippen molar-refractivity contribution < 1.29 is 5.11 Å². The smallest absolute Gasteiger partial charge is 0.0810 e. The molecule has 0 heterocycles. The Morgan fingerprint density at radius 1 is 1.43 bits per heavy atom. The molecule has 14 heavy (non-hydrogen) atoms. The van der Waals surface area contributed by atoms with Gasteiger partial charge in [0.25, 0.3) is 0 Å². The molecule has 76 valence electrons. The van der Waals surface area contributed by atoms with E-state index in [0.29, 0.717) is 5.69 Å². The highest BCUT2D eigenvalue weighted by molar-refractivity contribution is 5.47. The molecular formula is C12H17NO. The summed E-state index contributed by atoms with van der Waals surface area (Å²) in [4.78, 5) is 0. The fraction of sp³-hybridized carbons (Fsp3) is 0.333. The Bertz CT molecular complexity index is 296. The second-order valence-electron chi connectivity index (χ2n) is 3.36. The minimum atomic E-state index is -0.448. The Balaban J connectivity index is 2.55. The third kappa shape index (κ3) is 2.89.